The summed E-state index contributed by atoms with van der Waals surface area (Å²) in [6.07, 6.45) is 2.22. The number of sulfonamides is 1. The van der Waals surface area contributed by atoms with Gasteiger partial charge in [-0.2, -0.15) is 0 Å². The summed E-state index contributed by atoms with van der Waals surface area (Å²) in [4.78, 5) is 34.1. The summed E-state index contributed by atoms with van der Waals surface area (Å²) in [7, 11) is -4.40. The quantitative estimate of drug-likeness (QED) is 0.480. The first-order chi connectivity index (χ1) is 17.4. The van der Waals surface area contributed by atoms with Gasteiger partial charge in [0.25, 0.3) is 21.5 Å². The van der Waals surface area contributed by atoms with E-state index in [2.05, 4.69) is 25.8 Å². The van der Waals surface area contributed by atoms with Gasteiger partial charge in [-0.25, -0.2) is 18.1 Å². The van der Waals surface area contributed by atoms with Crippen molar-refractivity contribution in [2.75, 3.05) is 11.4 Å². The van der Waals surface area contributed by atoms with Gasteiger partial charge < -0.3 is 14.6 Å². The average molecular weight is 525 g/mol. The molecule has 2 N–H and O–H groups in total. The Morgan fingerprint density at radius 3 is 2.59 bits per heavy atom. The minimum Gasteiger partial charge on any atom is -0.491 e. The van der Waals surface area contributed by atoms with Gasteiger partial charge in [0, 0.05) is 23.8 Å². The minimum atomic E-state index is -4.40. The van der Waals surface area contributed by atoms with E-state index in [1.165, 1.54) is 12.3 Å². The van der Waals surface area contributed by atoms with E-state index in [1.807, 2.05) is 47.7 Å². The Morgan fingerprint density at radius 2 is 1.95 bits per heavy atom. The Hall–Kier alpha value is -3.66. The van der Waals surface area contributed by atoms with Gasteiger partial charge in [0.1, 0.15) is 11.6 Å². The molecule has 0 bridgehead atoms. The topological polar surface area (TPSA) is 121 Å². The standard InChI is InChI=1S/C27H32N4O5S/c1-17(2)36-20-9-6-8-19(14-20)22-12-11-21(24(29-22)31-16-18(3)15-27(31,4)5)25(32)30-37(34,35)23-10-7-13-28-26(23)33/h6-14,17-18H,15-16H2,1-5H3,(H,28,33)(H,30,32)/t18-/m0/s1. The number of rotatable bonds is 7. The highest BCUT2D eigenvalue weighted by Crippen LogP contribution is 2.38. The third-order valence-electron chi connectivity index (χ3n) is 6.25. The maximum Gasteiger partial charge on any atom is 0.269 e. The molecule has 10 heteroatoms. The van der Waals surface area contributed by atoms with Crippen LogP contribution in [0.2, 0.25) is 0 Å². The molecule has 1 saturated heterocycles. The minimum absolute atomic E-state index is 0.00975. The molecule has 0 aliphatic carbocycles. The van der Waals surface area contributed by atoms with E-state index in [0.717, 1.165) is 18.1 Å². The van der Waals surface area contributed by atoms with Crippen molar-refractivity contribution in [2.24, 2.45) is 5.92 Å². The van der Waals surface area contributed by atoms with Crippen LogP contribution < -0.4 is 19.9 Å². The van der Waals surface area contributed by atoms with Gasteiger partial charge in [-0.15, -0.1) is 0 Å². The van der Waals surface area contributed by atoms with Gasteiger partial charge >= 0.3 is 0 Å². The molecule has 1 aromatic carbocycles. The fourth-order valence-electron chi connectivity index (χ4n) is 4.80. The third kappa shape index (κ3) is 5.69. The SMILES string of the molecule is CC(C)Oc1cccc(-c2ccc(C(=O)NS(=O)(=O)c3ccc[nH]c3=O)c(N3C[C@@H](C)CC3(C)C)n2)c1. The molecule has 3 heterocycles. The van der Waals surface area contributed by atoms with Crippen molar-refractivity contribution in [3.05, 3.63) is 70.6 Å². The molecule has 37 heavy (non-hydrogen) atoms. The van der Waals surface area contributed by atoms with E-state index < -0.39 is 26.4 Å². The monoisotopic (exact) mass is 524 g/mol. The molecule has 2 aromatic heterocycles. The number of aromatic nitrogens is 2. The molecule has 1 aliphatic heterocycles. The number of nitrogens with zero attached hydrogens (tertiary/aromatic N) is 2. The summed E-state index contributed by atoms with van der Waals surface area (Å²) in [6, 6.07) is 13.3. The maximum absolute atomic E-state index is 13.3. The molecule has 4 rings (SSSR count). The number of aromatic amines is 1. The lowest BCUT2D eigenvalue weighted by Crippen LogP contribution is -2.41. The van der Waals surface area contributed by atoms with Crippen LogP contribution in [0.5, 0.6) is 5.75 Å². The number of nitrogens with one attached hydrogen (secondary N) is 2. The average Bonchev–Trinajstić information content (AvgIpc) is 3.09. The van der Waals surface area contributed by atoms with E-state index in [0.29, 0.717) is 29.7 Å². The number of amides is 1. The molecule has 0 saturated carbocycles. The molecule has 0 unspecified atom stereocenters. The van der Waals surface area contributed by atoms with Gasteiger partial charge in [-0.1, -0.05) is 19.1 Å². The third-order valence-corrected chi connectivity index (χ3v) is 7.60. The second-order valence-electron chi connectivity index (χ2n) is 10.3. The smallest absolute Gasteiger partial charge is 0.269 e. The number of hydrogen-bond donors (Lipinski definition) is 2. The molecule has 9 nitrogen and oxygen atoms in total. The van der Waals surface area contributed by atoms with Crippen LogP contribution in [-0.4, -0.2) is 42.5 Å². The molecular weight excluding hydrogens is 492 g/mol. The highest BCUT2D eigenvalue weighted by molar-refractivity contribution is 7.90. The molecular formula is C27H32N4O5S. The molecule has 1 aliphatic rings. The van der Waals surface area contributed by atoms with Crippen LogP contribution in [0, 0.1) is 5.92 Å². The predicted octanol–water partition coefficient (Wildman–Crippen LogP) is 3.97. The highest BCUT2D eigenvalue weighted by Gasteiger charge is 2.39. The first-order valence-electron chi connectivity index (χ1n) is 12.2. The summed E-state index contributed by atoms with van der Waals surface area (Å²) in [6.45, 7) is 10.8. The number of anilines is 1. The Labute approximate surface area is 217 Å². The van der Waals surface area contributed by atoms with E-state index in [-0.39, 0.29) is 17.2 Å². The van der Waals surface area contributed by atoms with Crippen LogP contribution in [0.4, 0.5) is 5.82 Å². The number of hydrogen-bond acceptors (Lipinski definition) is 7. The Kier molecular flexibility index (Phi) is 7.14. The number of benzene rings is 1. The van der Waals surface area contributed by atoms with Crippen molar-refractivity contribution >= 4 is 21.7 Å². The molecule has 3 aromatic rings. The first kappa shape index (κ1) is 26.4. The van der Waals surface area contributed by atoms with Gasteiger partial charge in [0.15, 0.2) is 4.90 Å². The number of pyridine rings is 2. The van der Waals surface area contributed by atoms with Gasteiger partial charge in [0.2, 0.25) is 0 Å². The summed E-state index contributed by atoms with van der Waals surface area (Å²) in [5.74, 6) is 0.582. The second-order valence-corrected chi connectivity index (χ2v) is 11.9. The van der Waals surface area contributed by atoms with Crippen molar-refractivity contribution in [3.63, 3.8) is 0 Å². The van der Waals surface area contributed by atoms with Crippen molar-refractivity contribution in [1.82, 2.24) is 14.7 Å². The van der Waals surface area contributed by atoms with Crippen LogP contribution >= 0.6 is 0 Å². The van der Waals surface area contributed by atoms with E-state index >= 15 is 0 Å². The van der Waals surface area contributed by atoms with Crippen LogP contribution in [-0.2, 0) is 10.0 Å². The molecule has 1 amide bonds. The summed E-state index contributed by atoms with van der Waals surface area (Å²) >= 11 is 0. The van der Waals surface area contributed by atoms with Crippen molar-refractivity contribution in [3.8, 4) is 17.0 Å². The Bertz CT molecular complexity index is 1480. The molecule has 1 atom stereocenters. The van der Waals surface area contributed by atoms with Crippen LogP contribution in [0.15, 0.2) is 64.4 Å². The second kappa shape index (κ2) is 10.0. The summed E-state index contributed by atoms with van der Waals surface area (Å²) in [5, 5.41) is 0. The fraction of sp³-hybridized carbons (Fsp3) is 0.370. The fourth-order valence-corrected chi connectivity index (χ4v) is 5.83. The van der Waals surface area contributed by atoms with E-state index in [4.69, 9.17) is 9.72 Å². The highest BCUT2D eigenvalue weighted by atomic mass is 32.2. The Balaban J connectivity index is 1.78. The normalized spacial score (nSPS) is 17.1. The lowest BCUT2D eigenvalue weighted by Gasteiger charge is -2.34. The van der Waals surface area contributed by atoms with Gasteiger partial charge in [-0.05, 0) is 76.4 Å². The first-order valence-corrected chi connectivity index (χ1v) is 13.7. The molecule has 196 valence electrons. The number of ether oxygens (including phenoxy) is 1. The predicted molar refractivity (Wildman–Crippen MR) is 142 cm³/mol. The van der Waals surface area contributed by atoms with Gasteiger partial charge in [-0.3, -0.25) is 9.59 Å². The lowest BCUT2D eigenvalue weighted by atomic mass is 9.97. The van der Waals surface area contributed by atoms with Gasteiger partial charge in [0.05, 0.1) is 17.4 Å². The zero-order valence-electron chi connectivity index (χ0n) is 21.6. The number of carbonyl (C=O) groups excluding carboxylic acids is 1. The molecule has 0 spiro atoms. The Morgan fingerprint density at radius 1 is 1.19 bits per heavy atom. The van der Waals surface area contributed by atoms with E-state index in [9.17, 15) is 18.0 Å². The number of carbonyl (C=O) groups is 1. The zero-order chi connectivity index (χ0) is 27.0. The van der Waals surface area contributed by atoms with Crippen LogP contribution in [0.25, 0.3) is 11.3 Å². The maximum atomic E-state index is 13.3. The van der Waals surface area contributed by atoms with Crippen molar-refractivity contribution < 1.29 is 17.9 Å². The number of H-pyrrole nitrogens is 1. The summed E-state index contributed by atoms with van der Waals surface area (Å²) in [5.41, 5.74) is 0.419. The van der Waals surface area contributed by atoms with Crippen molar-refractivity contribution in [1.29, 1.82) is 0 Å². The van der Waals surface area contributed by atoms with E-state index in [1.54, 1.807) is 12.1 Å². The molecule has 1 fully saturated rings. The van der Waals surface area contributed by atoms with Crippen LogP contribution in [0.3, 0.4) is 0 Å². The van der Waals surface area contributed by atoms with Crippen molar-refractivity contribution in [2.45, 2.75) is 57.6 Å². The molecule has 0 radical (unpaired) electrons. The largest absolute Gasteiger partial charge is 0.491 e. The summed E-state index contributed by atoms with van der Waals surface area (Å²) < 4.78 is 33.6. The lowest BCUT2D eigenvalue weighted by molar-refractivity contribution is 0.0981. The van der Waals surface area contributed by atoms with Crippen LogP contribution in [0.1, 0.15) is 51.4 Å². The zero-order valence-corrected chi connectivity index (χ0v) is 22.4.